The highest BCUT2D eigenvalue weighted by Crippen LogP contribution is 2.24. The summed E-state index contributed by atoms with van der Waals surface area (Å²) in [5.41, 5.74) is 3.46. The van der Waals surface area contributed by atoms with E-state index in [0.29, 0.717) is 22.9 Å². The van der Waals surface area contributed by atoms with Crippen molar-refractivity contribution in [2.75, 3.05) is 5.32 Å². The van der Waals surface area contributed by atoms with E-state index < -0.39 is 0 Å². The van der Waals surface area contributed by atoms with E-state index in [0.717, 1.165) is 16.8 Å². The van der Waals surface area contributed by atoms with Crippen LogP contribution in [0.1, 0.15) is 11.1 Å². The second kappa shape index (κ2) is 6.51. The van der Waals surface area contributed by atoms with E-state index in [1.807, 2.05) is 49.6 Å². The fourth-order valence-electron chi connectivity index (χ4n) is 2.31. The van der Waals surface area contributed by atoms with Crippen molar-refractivity contribution in [1.82, 2.24) is 14.8 Å². The molecule has 5 nitrogen and oxygen atoms in total. The molecule has 0 saturated heterocycles. The first-order valence-corrected chi connectivity index (χ1v) is 7.42. The lowest BCUT2D eigenvalue weighted by atomic mass is 10.1. The van der Waals surface area contributed by atoms with Crippen molar-refractivity contribution in [3.63, 3.8) is 0 Å². The first-order valence-electron chi connectivity index (χ1n) is 7.05. The maximum atomic E-state index is 8.85. The summed E-state index contributed by atoms with van der Waals surface area (Å²) in [5.74, 6) is 0.550. The monoisotopic (exact) mass is 323 g/mol. The molecule has 0 aliphatic heterocycles. The topological polar surface area (TPSA) is 66.5 Å². The van der Waals surface area contributed by atoms with Crippen LogP contribution in [0.15, 0.2) is 48.8 Å². The van der Waals surface area contributed by atoms with Crippen molar-refractivity contribution < 1.29 is 0 Å². The molecule has 23 heavy (non-hydrogen) atoms. The normalized spacial score (nSPS) is 10.3. The minimum atomic E-state index is 0.425. The van der Waals surface area contributed by atoms with Gasteiger partial charge in [0.15, 0.2) is 0 Å². The zero-order valence-electron chi connectivity index (χ0n) is 12.5. The third-order valence-electron chi connectivity index (χ3n) is 3.37. The lowest BCUT2D eigenvalue weighted by Crippen LogP contribution is -2.02. The van der Waals surface area contributed by atoms with Gasteiger partial charge in [-0.1, -0.05) is 41.9 Å². The highest BCUT2D eigenvalue weighted by Gasteiger charge is 2.11. The van der Waals surface area contributed by atoms with Crippen molar-refractivity contribution in [3.8, 4) is 17.3 Å². The lowest BCUT2D eigenvalue weighted by molar-refractivity contribution is 0.770. The van der Waals surface area contributed by atoms with Crippen LogP contribution in [-0.4, -0.2) is 14.8 Å². The summed E-state index contributed by atoms with van der Waals surface area (Å²) >= 11 is 6.14. The summed E-state index contributed by atoms with van der Waals surface area (Å²) in [5, 5.41) is 17.0. The Morgan fingerprint density at radius 3 is 2.78 bits per heavy atom. The molecule has 2 heterocycles. The van der Waals surface area contributed by atoms with Crippen LogP contribution in [0.25, 0.3) is 11.3 Å². The maximum absolute atomic E-state index is 8.85. The second-order valence-corrected chi connectivity index (χ2v) is 5.47. The zero-order valence-corrected chi connectivity index (χ0v) is 13.2. The van der Waals surface area contributed by atoms with E-state index >= 15 is 0 Å². The maximum Gasteiger partial charge on any atom is 0.145 e. The molecule has 0 atom stereocenters. The lowest BCUT2D eigenvalue weighted by Gasteiger charge is -2.07. The van der Waals surface area contributed by atoms with E-state index in [1.54, 1.807) is 10.7 Å². The Morgan fingerprint density at radius 2 is 2.09 bits per heavy atom. The van der Waals surface area contributed by atoms with Crippen molar-refractivity contribution >= 4 is 17.4 Å². The van der Waals surface area contributed by atoms with E-state index in [4.69, 9.17) is 16.9 Å². The Kier molecular flexibility index (Phi) is 4.26. The number of benzene rings is 1. The van der Waals surface area contributed by atoms with E-state index in [9.17, 15) is 0 Å². The van der Waals surface area contributed by atoms with Gasteiger partial charge in [0.25, 0.3) is 0 Å². The number of anilines is 1. The van der Waals surface area contributed by atoms with Crippen LogP contribution >= 0.6 is 11.6 Å². The Labute approximate surface area is 139 Å². The van der Waals surface area contributed by atoms with Gasteiger partial charge in [-0.25, -0.2) is 4.98 Å². The van der Waals surface area contributed by atoms with E-state index in [-0.39, 0.29) is 0 Å². The molecular formula is C17H14ClN5. The number of hydrogen-bond donors (Lipinski definition) is 1. The Bertz CT molecular complexity index is 864. The summed E-state index contributed by atoms with van der Waals surface area (Å²) in [6.07, 6.45) is 3.46. The van der Waals surface area contributed by atoms with Gasteiger partial charge in [0.2, 0.25) is 0 Å². The highest BCUT2D eigenvalue weighted by molar-refractivity contribution is 6.33. The van der Waals surface area contributed by atoms with Crippen LogP contribution in [0.3, 0.4) is 0 Å². The molecule has 2 aromatic heterocycles. The predicted molar refractivity (Wildman–Crippen MR) is 89.9 cm³/mol. The molecule has 0 spiro atoms. The summed E-state index contributed by atoms with van der Waals surface area (Å²) in [6.45, 7) is 0.538. The molecule has 0 aliphatic carbocycles. The van der Waals surface area contributed by atoms with Crippen molar-refractivity contribution in [3.05, 3.63) is 64.9 Å². The van der Waals surface area contributed by atoms with Gasteiger partial charge in [-0.15, -0.1) is 0 Å². The molecule has 0 aliphatic rings. The smallest absolute Gasteiger partial charge is 0.145 e. The number of nitrogens with zero attached hydrogens (tertiary/aromatic N) is 4. The Balaban J connectivity index is 1.83. The zero-order chi connectivity index (χ0) is 16.2. The number of halogens is 1. The predicted octanol–water partition coefficient (Wildman–Crippen LogP) is 3.62. The first kappa shape index (κ1) is 15.1. The summed E-state index contributed by atoms with van der Waals surface area (Å²) in [7, 11) is 1.89. The number of nitriles is 1. The average Bonchev–Trinajstić information content (AvgIpc) is 2.95. The SMILES string of the molecule is Cn1cc(CNc2ncc(C#N)cc2Cl)c(-c2ccccc2)n1. The number of nitrogens with one attached hydrogen (secondary N) is 1. The molecule has 0 amide bonds. The van der Waals surface area contributed by atoms with Gasteiger partial charge in [-0.3, -0.25) is 4.68 Å². The van der Waals surface area contributed by atoms with Gasteiger partial charge < -0.3 is 5.32 Å². The standard InChI is InChI=1S/C17H14ClN5/c1-23-11-14(16(22-23)13-5-3-2-4-6-13)10-21-17-15(18)7-12(8-19)9-20-17/h2-7,9,11H,10H2,1H3,(H,20,21). The van der Waals surface area contributed by atoms with Crippen LogP contribution in [-0.2, 0) is 13.6 Å². The van der Waals surface area contributed by atoms with Gasteiger partial charge in [0.1, 0.15) is 11.9 Å². The van der Waals surface area contributed by atoms with Crippen molar-refractivity contribution in [1.29, 1.82) is 5.26 Å². The number of rotatable bonds is 4. The molecule has 3 aromatic rings. The Hall–Kier alpha value is -2.84. The molecule has 1 aromatic carbocycles. The fraction of sp³-hybridized carbons (Fsp3) is 0.118. The number of aryl methyl sites for hydroxylation is 1. The van der Waals surface area contributed by atoms with Gasteiger partial charge in [0.05, 0.1) is 16.3 Å². The second-order valence-electron chi connectivity index (χ2n) is 5.06. The van der Waals surface area contributed by atoms with Crippen molar-refractivity contribution in [2.24, 2.45) is 7.05 Å². The van der Waals surface area contributed by atoms with Crippen LogP contribution in [0.2, 0.25) is 5.02 Å². The summed E-state index contributed by atoms with van der Waals surface area (Å²) in [6, 6.07) is 13.6. The number of hydrogen-bond acceptors (Lipinski definition) is 4. The third-order valence-corrected chi connectivity index (χ3v) is 3.66. The van der Waals surface area contributed by atoms with Gasteiger partial charge in [0, 0.05) is 37.1 Å². The van der Waals surface area contributed by atoms with Crippen LogP contribution in [0.4, 0.5) is 5.82 Å². The quantitative estimate of drug-likeness (QED) is 0.796. The summed E-state index contributed by atoms with van der Waals surface area (Å²) < 4.78 is 1.78. The van der Waals surface area contributed by atoms with E-state index in [2.05, 4.69) is 15.4 Å². The first-order chi connectivity index (χ1) is 11.2. The van der Waals surface area contributed by atoms with Gasteiger partial charge in [-0.2, -0.15) is 10.4 Å². The fourth-order valence-corrected chi connectivity index (χ4v) is 2.55. The van der Waals surface area contributed by atoms with Crippen molar-refractivity contribution in [2.45, 2.75) is 6.54 Å². The highest BCUT2D eigenvalue weighted by atomic mass is 35.5. The summed E-state index contributed by atoms with van der Waals surface area (Å²) in [4.78, 5) is 4.18. The molecule has 3 rings (SSSR count). The average molecular weight is 324 g/mol. The Morgan fingerprint density at radius 1 is 1.30 bits per heavy atom. The minimum absolute atomic E-state index is 0.425. The molecular weight excluding hydrogens is 310 g/mol. The molecule has 114 valence electrons. The molecule has 0 saturated carbocycles. The van der Waals surface area contributed by atoms with Gasteiger partial charge in [-0.05, 0) is 6.07 Å². The molecule has 1 N–H and O–H groups in total. The number of pyridine rings is 1. The third kappa shape index (κ3) is 3.33. The van der Waals surface area contributed by atoms with E-state index in [1.165, 1.54) is 6.20 Å². The van der Waals surface area contributed by atoms with Crippen LogP contribution in [0.5, 0.6) is 0 Å². The minimum Gasteiger partial charge on any atom is -0.365 e. The largest absolute Gasteiger partial charge is 0.365 e. The molecule has 0 fully saturated rings. The number of aromatic nitrogens is 3. The molecule has 6 heteroatoms. The van der Waals surface area contributed by atoms with Crippen LogP contribution < -0.4 is 5.32 Å². The molecule has 0 bridgehead atoms. The molecule has 0 unspecified atom stereocenters. The van der Waals surface area contributed by atoms with Gasteiger partial charge >= 0.3 is 0 Å². The van der Waals surface area contributed by atoms with Crippen LogP contribution in [0, 0.1) is 11.3 Å². The molecule has 0 radical (unpaired) electrons.